The molecule has 2 rings (SSSR count). The van der Waals surface area contributed by atoms with Gasteiger partial charge in [0, 0.05) is 18.7 Å². The molecule has 0 radical (unpaired) electrons. The van der Waals surface area contributed by atoms with E-state index in [1.165, 1.54) is 0 Å². The summed E-state index contributed by atoms with van der Waals surface area (Å²) >= 11 is 1.76. The Balaban J connectivity index is 2.20. The van der Waals surface area contributed by atoms with Gasteiger partial charge in [0.15, 0.2) is 5.82 Å². The molecule has 0 saturated carbocycles. The molecule has 0 amide bonds. The first-order chi connectivity index (χ1) is 9.45. The summed E-state index contributed by atoms with van der Waals surface area (Å²) in [5, 5.41) is 0. The molecule has 0 aromatic heterocycles. The van der Waals surface area contributed by atoms with Gasteiger partial charge in [-0.3, -0.25) is 0 Å². The number of nitrogens with two attached hydrogens (primary N) is 1. The lowest BCUT2D eigenvalue weighted by atomic mass is 10.1. The van der Waals surface area contributed by atoms with Crippen molar-refractivity contribution in [1.82, 2.24) is 4.72 Å². The molecule has 0 aliphatic carbocycles. The van der Waals surface area contributed by atoms with Crippen LogP contribution in [0.15, 0.2) is 17.0 Å². The minimum absolute atomic E-state index is 0.257. The lowest BCUT2D eigenvalue weighted by Gasteiger charge is -2.12. The van der Waals surface area contributed by atoms with Crippen LogP contribution >= 0.6 is 11.8 Å². The van der Waals surface area contributed by atoms with Crippen molar-refractivity contribution in [2.45, 2.75) is 17.9 Å². The molecular weight excluding hydrogens is 306 g/mol. The Labute approximate surface area is 121 Å². The Morgan fingerprint density at radius 1 is 1.40 bits per heavy atom. The fourth-order valence-electron chi connectivity index (χ4n) is 2.02. The number of hydrogen-bond donors (Lipinski definition) is 2. The Morgan fingerprint density at radius 2 is 2.15 bits per heavy atom. The zero-order valence-electron chi connectivity index (χ0n) is 10.7. The van der Waals surface area contributed by atoms with Crippen LogP contribution in [-0.2, 0) is 16.6 Å². The monoisotopic (exact) mass is 322 g/mol. The number of benzene rings is 1. The zero-order chi connectivity index (χ0) is 14.8. The van der Waals surface area contributed by atoms with E-state index in [9.17, 15) is 17.2 Å². The second-order valence-electron chi connectivity index (χ2n) is 4.62. The molecule has 1 heterocycles. The highest BCUT2D eigenvalue weighted by atomic mass is 32.2. The molecule has 8 heteroatoms. The average molecular weight is 322 g/mol. The van der Waals surface area contributed by atoms with E-state index >= 15 is 0 Å². The van der Waals surface area contributed by atoms with Crippen LogP contribution < -0.4 is 10.5 Å². The normalized spacial score (nSPS) is 19.4. The maximum Gasteiger partial charge on any atom is 0.243 e. The Bertz CT molecular complexity index is 587. The molecule has 112 valence electrons. The lowest BCUT2D eigenvalue weighted by molar-refractivity contribution is 0.517. The molecule has 20 heavy (non-hydrogen) atoms. The van der Waals surface area contributed by atoms with Gasteiger partial charge in [0.05, 0.1) is 0 Å². The molecule has 3 N–H and O–H groups in total. The van der Waals surface area contributed by atoms with Crippen molar-refractivity contribution in [3.05, 3.63) is 29.3 Å². The number of nitrogens with one attached hydrogen (secondary N) is 1. The Kier molecular flexibility index (Phi) is 5.00. The third-order valence-electron chi connectivity index (χ3n) is 3.23. The van der Waals surface area contributed by atoms with Gasteiger partial charge in [-0.05, 0) is 36.0 Å². The molecule has 4 nitrogen and oxygen atoms in total. The van der Waals surface area contributed by atoms with Gasteiger partial charge < -0.3 is 5.73 Å². The molecule has 0 spiro atoms. The summed E-state index contributed by atoms with van der Waals surface area (Å²) in [5.74, 6) is 0.209. The fraction of sp³-hybridized carbons (Fsp3) is 0.500. The van der Waals surface area contributed by atoms with Gasteiger partial charge in [-0.1, -0.05) is 0 Å². The first-order valence-electron chi connectivity index (χ1n) is 6.20. The molecular formula is C12H16F2N2O2S2. The standard InChI is InChI=1S/C12H16F2N2O2S2/c13-10-1-2-11(12(14)9(10)5-15)20(17,18)16-6-8-3-4-19-7-8/h1-2,8,16H,3-7,15H2. The van der Waals surface area contributed by atoms with Crippen LogP contribution in [0.1, 0.15) is 12.0 Å². The second-order valence-corrected chi connectivity index (χ2v) is 7.51. The quantitative estimate of drug-likeness (QED) is 0.861. The van der Waals surface area contributed by atoms with Crippen molar-refractivity contribution < 1.29 is 17.2 Å². The van der Waals surface area contributed by atoms with Crippen molar-refractivity contribution in [2.24, 2.45) is 11.7 Å². The van der Waals surface area contributed by atoms with Crippen LogP contribution in [0, 0.1) is 17.6 Å². The van der Waals surface area contributed by atoms with Crippen LogP contribution in [0.2, 0.25) is 0 Å². The minimum Gasteiger partial charge on any atom is -0.326 e. The summed E-state index contributed by atoms with van der Waals surface area (Å²) in [5.41, 5.74) is 4.83. The molecule has 1 unspecified atom stereocenters. The predicted octanol–water partition coefficient (Wildman–Crippen LogP) is 1.45. The maximum atomic E-state index is 14.0. The highest BCUT2D eigenvalue weighted by molar-refractivity contribution is 7.99. The summed E-state index contributed by atoms with van der Waals surface area (Å²) in [6.07, 6.45) is 0.938. The largest absolute Gasteiger partial charge is 0.326 e. The van der Waals surface area contributed by atoms with Crippen LogP contribution in [0.25, 0.3) is 0 Å². The van der Waals surface area contributed by atoms with Gasteiger partial charge >= 0.3 is 0 Å². The predicted molar refractivity (Wildman–Crippen MR) is 74.9 cm³/mol. The van der Waals surface area contributed by atoms with E-state index in [2.05, 4.69) is 4.72 Å². The van der Waals surface area contributed by atoms with Crippen LogP contribution in [-0.4, -0.2) is 26.5 Å². The van der Waals surface area contributed by atoms with Crippen molar-refractivity contribution in [2.75, 3.05) is 18.1 Å². The van der Waals surface area contributed by atoms with E-state index in [0.717, 1.165) is 30.1 Å². The van der Waals surface area contributed by atoms with Gasteiger partial charge in [-0.2, -0.15) is 11.8 Å². The number of sulfonamides is 1. The minimum atomic E-state index is -3.98. The van der Waals surface area contributed by atoms with E-state index in [4.69, 9.17) is 5.73 Å². The van der Waals surface area contributed by atoms with E-state index in [1.54, 1.807) is 11.8 Å². The summed E-state index contributed by atoms with van der Waals surface area (Å²) in [7, 11) is -3.98. The third-order valence-corrected chi connectivity index (χ3v) is 5.90. The molecule has 0 bridgehead atoms. The SMILES string of the molecule is NCc1c(F)ccc(S(=O)(=O)NCC2CCSC2)c1F. The lowest BCUT2D eigenvalue weighted by Crippen LogP contribution is -2.30. The molecule has 1 aliphatic heterocycles. The number of thioether (sulfide) groups is 1. The molecule has 1 fully saturated rings. The van der Waals surface area contributed by atoms with E-state index < -0.39 is 32.1 Å². The van der Waals surface area contributed by atoms with Crippen molar-refractivity contribution in [1.29, 1.82) is 0 Å². The second kappa shape index (κ2) is 6.38. The molecule has 1 saturated heterocycles. The first kappa shape index (κ1) is 15.7. The van der Waals surface area contributed by atoms with Gasteiger partial charge in [0.1, 0.15) is 10.7 Å². The highest BCUT2D eigenvalue weighted by Crippen LogP contribution is 2.24. The summed E-state index contributed by atoms with van der Waals surface area (Å²) in [6, 6.07) is 1.85. The van der Waals surface area contributed by atoms with Crippen LogP contribution in [0.5, 0.6) is 0 Å². The van der Waals surface area contributed by atoms with Gasteiger partial charge in [-0.15, -0.1) is 0 Å². The Morgan fingerprint density at radius 3 is 2.75 bits per heavy atom. The summed E-state index contributed by atoms with van der Waals surface area (Å²) in [6.45, 7) is -0.121. The third kappa shape index (κ3) is 3.30. The average Bonchev–Trinajstić information content (AvgIpc) is 2.90. The van der Waals surface area contributed by atoms with Crippen molar-refractivity contribution >= 4 is 21.8 Å². The van der Waals surface area contributed by atoms with Gasteiger partial charge in [0.2, 0.25) is 10.0 Å². The Hall–Kier alpha value is -0.700. The summed E-state index contributed by atoms with van der Waals surface area (Å²) in [4.78, 5) is -0.551. The topological polar surface area (TPSA) is 72.2 Å². The summed E-state index contributed by atoms with van der Waals surface area (Å²) < 4.78 is 53.8. The van der Waals surface area contributed by atoms with Gasteiger partial charge in [0.25, 0.3) is 0 Å². The van der Waals surface area contributed by atoms with E-state index in [1.807, 2.05) is 0 Å². The van der Waals surface area contributed by atoms with E-state index in [0.29, 0.717) is 0 Å². The van der Waals surface area contributed by atoms with Crippen molar-refractivity contribution in [3.63, 3.8) is 0 Å². The molecule has 1 aromatic rings. The maximum absolute atomic E-state index is 14.0. The number of hydrogen-bond acceptors (Lipinski definition) is 4. The van der Waals surface area contributed by atoms with Gasteiger partial charge in [-0.25, -0.2) is 21.9 Å². The first-order valence-corrected chi connectivity index (χ1v) is 8.84. The smallest absolute Gasteiger partial charge is 0.243 e. The molecule has 1 aromatic carbocycles. The van der Waals surface area contributed by atoms with Crippen LogP contribution in [0.4, 0.5) is 8.78 Å². The highest BCUT2D eigenvalue weighted by Gasteiger charge is 2.25. The molecule has 1 atom stereocenters. The number of rotatable bonds is 5. The van der Waals surface area contributed by atoms with E-state index in [-0.39, 0.29) is 19.0 Å². The fourth-order valence-corrected chi connectivity index (χ4v) is 4.52. The number of halogens is 2. The molecule has 1 aliphatic rings. The van der Waals surface area contributed by atoms with Crippen LogP contribution in [0.3, 0.4) is 0 Å². The zero-order valence-corrected chi connectivity index (χ0v) is 12.4. The van der Waals surface area contributed by atoms with Crippen molar-refractivity contribution in [3.8, 4) is 0 Å².